The molecule has 134 valence electrons. The van der Waals surface area contributed by atoms with Gasteiger partial charge in [0.1, 0.15) is 16.8 Å². The number of nitrogens with one attached hydrogen (secondary N) is 1. The molecule has 7 heteroatoms. The smallest absolute Gasteiger partial charge is 0.251 e. The van der Waals surface area contributed by atoms with Crippen LogP contribution in [0.1, 0.15) is 21.4 Å². The topological polar surface area (TPSA) is 76.4 Å². The third-order valence-electron chi connectivity index (χ3n) is 3.86. The van der Waals surface area contributed by atoms with Crippen LogP contribution in [0.2, 0.25) is 0 Å². The third-order valence-corrected chi connectivity index (χ3v) is 5.94. The van der Waals surface area contributed by atoms with E-state index in [1.165, 1.54) is 42.7 Å². The predicted molar refractivity (Wildman–Crippen MR) is 93.8 cm³/mol. The van der Waals surface area contributed by atoms with Crippen LogP contribution in [0, 0.1) is 5.82 Å². The van der Waals surface area contributed by atoms with Crippen molar-refractivity contribution in [1.82, 2.24) is 5.32 Å². The number of rotatable bonds is 6. The van der Waals surface area contributed by atoms with Gasteiger partial charge in [0.25, 0.3) is 5.91 Å². The van der Waals surface area contributed by atoms with Crippen LogP contribution in [0.15, 0.2) is 82.3 Å². The summed E-state index contributed by atoms with van der Waals surface area (Å²) in [7, 11) is -3.78. The van der Waals surface area contributed by atoms with Crippen molar-refractivity contribution in [3.05, 3.63) is 90.1 Å². The summed E-state index contributed by atoms with van der Waals surface area (Å²) in [6.07, 6.45) is 1.38. The van der Waals surface area contributed by atoms with E-state index < -0.39 is 26.8 Å². The van der Waals surface area contributed by atoms with Gasteiger partial charge in [-0.05, 0) is 48.5 Å². The Labute approximate surface area is 150 Å². The number of sulfone groups is 1. The maximum Gasteiger partial charge on any atom is 0.251 e. The molecule has 0 bridgehead atoms. The Kier molecular flexibility index (Phi) is 5.18. The molecule has 1 heterocycles. The molecule has 26 heavy (non-hydrogen) atoms. The summed E-state index contributed by atoms with van der Waals surface area (Å²) in [5.41, 5.74) is 0.238. The fourth-order valence-electron chi connectivity index (χ4n) is 2.50. The zero-order valence-corrected chi connectivity index (χ0v) is 14.4. The standard InChI is InChI=1S/C19H16FNO4S/c20-15-10-8-14(9-11-15)19(22)21-13-18(17-7-4-12-25-17)26(23,24)16-5-2-1-3-6-16/h1-12,18H,13H2,(H,21,22)/t18-/m1/s1. The molecule has 0 fully saturated rings. The van der Waals surface area contributed by atoms with E-state index in [4.69, 9.17) is 4.42 Å². The lowest BCUT2D eigenvalue weighted by Gasteiger charge is -2.16. The summed E-state index contributed by atoms with van der Waals surface area (Å²) in [5, 5.41) is 1.50. The minimum Gasteiger partial charge on any atom is -0.468 e. The summed E-state index contributed by atoms with van der Waals surface area (Å²) < 4.78 is 44.2. The molecule has 0 unspecified atom stereocenters. The van der Waals surface area contributed by atoms with Gasteiger partial charge in [0.2, 0.25) is 0 Å². The summed E-state index contributed by atoms with van der Waals surface area (Å²) in [6, 6.07) is 16.1. The Morgan fingerprint density at radius 2 is 1.69 bits per heavy atom. The molecule has 0 aliphatic rings. The zero-order chi connectivity index (χ0) is 18.6. The first-order valence-corrected chi connectivity index (χ1v) is 9.39. The van der Waals surface area contributed by atoms with Crippen molar-refractivity contribution in [2.75, 3.05) is 6.54 Å². The van der Waals surface area contributed by atoms with E-state index in [1.54, 1.807) is 30.3 Å². The third kappa shape index (κ3) is 3.83. The number of hydrogen-bond donors (Lipinski definition) is 1. The van der Waals surface area contributed by atoms with Gasteiger partial charge in [0, 0.05) is 12.1 Å². The second kappa shape index (κ2) is 7.53. The van der Waals surface area contributed by atoms with Gasteiger partial charge in [0.05, 0.1) is 11.2 Å². The van der Waals surface area contributed by atoms with Gasteiger partial charge in [-0.25, -0.2) is 12.8 Å². The molecule has 3 rings (SSSR count). The van der Waals surface area contributed by atoms with E-state index in [0.29, 0.717) is 0 Å². The van der Waals surface area contributed by atoms with Crippen LogP contribution in [0.5, 0.6) is 0 Å². The molecule has 0 aliphatic heterocycles. The Balaban J connectivity index is 1.84. The van der Waals surface area contributed by atoms with Crippen LogP contribution in [-0.4, -0.2) is 20.9 Å². The molecule has 2 aromatic carbocycles. The largest absolute Gasteiger partial charge is 0.468 e. The quantitative estimate of drug-likeness (QED) is 0.719. The minimum absolute atomic E-state index is 0.137. The second-order valence-corrected chi connectivity index (χ2v) is 7.71. The van der Waals surface area contributed by atoms with Crippen LogP contribution in [0.4, 0.5) is 4.39 Å². The van der Waals surface area contributed by atoms with Crippen LogP contribution >= 0.6 is 0 Å². The highest BCUT2D eigenvalue weighted by atomic mass is 32.2. The maximum absolute atomic E-state index is 13.0. The van der Waals surface area contributed by atoms with E-state index in [1.807, 2.05) is 0 Å². The Hall–Kier alpha value is -2.93. The Morgan fingerprint density at radius 3 is 2.31 bits per heavy atom. The van der Waals surface area contributed by atoms with Gasteiger partial charge in [-0.3, -0.25) is 4.79 Å². The molecule has 0 saturated heterocycles. The van der Waals surface area contributed by atoms with Crippen molar-refractivity contribution >= 4 is 15.7 Å². The summed E-state index contributed by atoms with van der Waals surface area (Å²) in [4.78, 5) is 12.4. The summed E-state index contributed by atoms with van der Waals surface area (Å²) in [5.74, 6) is -0.722. The van der Waals surface area contributed by atoms with Crippen molar-refractivity contribution in [2.45, 2.75) is 10.1 Å². The van der Waals surface area contributed by atoms with Gasteiger partial charge in [-0.15, -0.1) is 0 Å². The number of benzene rings is 2. The zero-order valence-electron chi connectivity index (χ0n) is 13.6. The molecular formula is C19H16FNO4S. The van der Waals surface area contributed by atoms with Crippen molar-refractivity contribution in [3.63, 3.8) is 0 Å². The lowest BCUT2D eigenvalue weighted by molar-refractivity contribution is 0.0953. The van der Waals surface area contributed by atoms with Gasteiger partial charge < -0.3 is 9.73 Å². The van der Waals surface area contributed by atoms with E-state index in [2.05, 4.69) is 5.32 Å². The van der Waals surface area contributed by atoms with Crippen LogP contribution in [0.3, 0.4) is 0 Å². The monoisotopic (exact) mass is 373 g/mol. The first-order chi connectivity index (χ1) is 12.5. The average molecular weight is 373 g/mol. The number of halogens is 1. The fourth-order valence-corrected chi connectivity index (χ4v) is 4.11. The highest BCUT2D eigenvalue weighted by molar-refractivity contribution is 7.91. The van der Waals surface area contributed by atoms with Gasteiger partial charge in [-0.1, -0.05) is 18.2 Å². The van der Waals surface area contributed by atoms with Crippen LogP contribution in [-0.2, 0) is 9.84 Å². The van der Waals surface area contributed by atoms with E-state index in [0.717, 1.165) is 0 Å². The molecule has 1 aromatic heterocycles. The number of furan rings is 1. The van der Waals surface area contributed by atoms with Crippen molar-refractivity contribution in [2.24, 2.45) is 0 Å². The molecule has 0 spiro atoms. The SMILES string of the molecule is O=C(NC[C@H](c1ccco1)S(=O)(=O)c1ccccc1)c1ccc(F)cc1. The maximum atomic E-state index is 13.0. The number of hydrogen-bond acceptors (Lipinski definition) is 4. The number of carbonyl (C=O) groups is 1. The van der Waals surface area contributed by atoms with E-state index in [-0.39, 0.29) is 22.8 Å². The molecule has 1 N–H and O–H groups in total. The van der Waals surface area contributed by atoms with Gasteiger partial charge >= 0.3 is 0 Å². The summed E-state index contributed by atoms with van der Waals surface area (Å²) in [6.45, 7) is -0.180. The molecule has 0 aliphatic carbocycles. The van der Waals surface area contributed by atoms with E-state index in [9.17, 15) is 17.6 Å². The minimum atomic E-state index is -3.78. The van der Waals surface area contributed by atoms with E-state index >= 15 is 0 Å². The second-order valence-electron chi connectivity index (χ2n) is 5.58. The molecule has 3 aromatic rings. The lowest BCUT2D eigenvalue weighted by atomic mass is 10.2. The molecular weight excluding hydrogens is 357 g/mol. The highest BCUT2D eigenvalue weighted by Gasteiger charge is 2.31. The number of amides is 1. The molecule has 1 amide bonds. The first kappa shape index (κ1) is 17.9. The average Bonchev–Trinajstić information content (AvgIpc) is 3.17. The van der Waals surface area contributed by atoms with Crippen molar-refractivity contribution in [3.8, 4) is 0 Å². The van der Waals surface area contributed by atoms with Gasteiger partial charge in [0.15, 0.2) is 9.84 Å². The summed E-state index contributed by atoms with van der Waals surface area (Å²) >= 11 is 0. The Bertz CT molecular complexity index is 968. The molecule has 1 atom stereocenters. The van der Waals surface area contributed by atoms with Crippen molar-refractivity contribution in [1.29, 1.82) is 0 Å². The fraction of sp³-hybridized carbons (Fsp3) is 0.105. The predicted octanol–water partition coefficient (Wildman–Crippen LogP) is 3.36. The molecule has 5 nitrogen and oxygen atoms in total. The lowest BCUT2D eigenvalue weighted by Crippen LogP contribution is -2.31. The number of carbonyl (C=O) groups excluding carboxylic acids is 1. The van der Waals surface area contributed by atoms with Crippen LogP contribution < -0.4 is 5.32 Å². The normalized spacial score (nSPS) is 12.5. The van der Waals surface area contributed by atoms with Crippen molar-refractivity contribution < 1.29 is 22.0 Å². The highest BCUT2D eigenvalue weighted by Crippen LogP contribution is 2.28. The van der Waals surface area contributed by atoms with Gasteiger partial charge in [-0.2, -0.15) is 0 Å². The Morgan fingerprint density at radius 1 is 1.00 bits per heavy atom. The molecule has 0 saturated carbocycles. The molecule has 0 radical (unpaired) electrons. The first-order valence-electron chi connectivity index (χ1n) is 7.84. The van der Waals surface area contributed by atoms with Crippen LogP contribution in [0.25, 0.3) is 0 Å².